The predicted octanol–water partition coefficient (Wildman–Crippen LogP) is 0.382. The molecule has 1 fully saturated rings. The zero-order valence-corrected chi connectivity index (χ0v) is 16.3. The Labute approximate surface area is 166 Å². The highest BCUT2D eigenvalue weighted by Crippen LogP contribution is 2.09. The van der Waals surface area contributed by atoms with Crippen LogP contribution in [0.5, 0.6) is 0 Å². The molecular weight excluding hydrogens is 348 g/mol. The maximum atomic E-state index is 12.6. The first-order valence-electron chi connectivity index (χ1n) is 9.86. The molecule has 0 aliphatic carbocycles. The monoisotopic (exact) mass is 376 g/mol. The number of quaternary nitrogens is 2. The molecule has 0 spiro atoms. The average molecular weight is 377 g/mol. The second-order valence-electron chi connectivity index (χ2n) is 7.33. The van der Waals surface area contributed by atoms with Crippen LogP contribution < -0.4 is 15.1 Å². The molecular formula is C23H28N4O+2. The highest BCUT2D eigenvalue weighted by atomic mass is 16.2. The Bertz CT molecular complexity index is 848. The van der Waals surface area contributed by atoms with E-state index >= 15 is 0 Å². The number of carbonyl (C=O) groups excluding carboxylic acids is 1. The highest BCUT2D eigenvalue weighted by Gasteiger charge is 2.30. The van der Waals surface area contributed by atoms with Crippen molar-refractivity contribution in [2.45, 2.75) is 13.0 Å². The van der Waals surface area contributed by atoms with Crippen LogP contribution in [0.25, 0.3) is 6.08 Å². The zero-order valence-electron chi connectivity index (χ0n) is 16.3. The number of nitrogens with zero attached hydrogens (tertiary/aromatic N) is 1. The Morgan fingerprint density at radius 3 is 2.61 bits per heavy atom. The quantitative estimate of drug-likeness (QED) is 0.683. The van der Waals surface area contributed by atoms with E-state index in [1.165, 1.54) is 10.5 Å². The molecule has 0 saturated carbocycles. The smallest absolute Gasteiger partial charge is 0.282 e. The molecule has 1 aliphatic rings. The SMILES string of the molecule is C[C@H](C(=O)Nc1cccc(C#N)c1)[NH+]1CC[NH+](C/C=C/c2ccccc2)CC1. The molecule has 1 amide bonds. The Morgan fingerprint density at radius 1 is 1.14 bits per heavy atom. The van der Waals surface area contributed by atoms with Crippen molar-refractivity contribution < 1.29 is 14.6 Å². The van der Waals surface area contributed by atoms with E-state index in [4.69, 9.17) is 5.26 Å². The van der Waals surface area contributed by atoms with Gasteiger partial charge in [-0.15, -0.1) is 0 Å². The number of nitriles is 1. The first-order chi connectivity index (χ1) is 13.7. The number of amides is 1. The number of carbonyl (C=O) groups is 1. The zero-order chi connectivity index (χ0) is 19.8. The van der Waals surface area contributed by atoms with Gasteiger partial charge in [0.15, 0.2) is 6.04 Å². The van der Waals surface area contributed by atoms with Gasteiger partial charge in [-0.25, -0.2) is 0 Å². The van der Waals surface area contributed by atoms with Gasteiger partial charge in [-0.05, 0) is 36.8 Å². The van der Waals surface area contributed by atoms with Gasteiger partial charge in [-0.2, -0.15) is 5.26 Å². The van der Waals surface area contributed by atoms with Crippen molar-refractivity contribution >= 4 is 17.7 Å². The Morgan fingerprint density at radius 2 is 1.89 bits per heavy atom. The highest BCUT2D eigenvalue weighted by molar-refractivity contribution is 5.93. The van der Waals surface area contributed by atoms with Crippen molar-refractivity contribution in [3.8, 4) is 6.07 Å². The van der Waals surface area contributed by atoms with E-state index in [1.807, 2.05) is 19.1 Å². The van der Waals surface area contributed by atoms with Crippen LogP contribution in [-0.4, -0.2) is 44.7 Å². The molecule has 0 radical (unpaired) electrons. The van der Waals surface area contributed by atoms with Gasteiger partial charge >= 0.3 is 0 Å². The molecule has 28 heavy (non-hydrogen) atoms. The van der Waals surface area contributed by atoms with E-state index in [0.717, 1.165) is 32.7 Å². The van der Waals surface area contributed by atoms with Crippen LogP contribution in [0.4, 0.5) is 5.69 Å². The second-order valence-corrected chi connectivity index (χ2v) is 7.33. The standard InChI is InChI=1S/C23H26N4O/c1-19(23(28)25-22-11-5-9-21(17-22)18-24)27-15-13-26(14-16-27)12-6-10-20-7-3-2-4-8-20/h2-11,17,19H,12-16H2,1H3,(H,25,28)/p+2/b10-6+/t19-/m1/s1. The summed E-state index contributed by atoms with van der Waals surface area (Å²) >= 11 is 0. The van der Waals surface area contributed by atoms with Crippen LogP contribution in [0, 0.1) is 11.3 Å². The molecule has 2 aromatic carbocycles. The predicted molar refractivity (Wildman–Crippen MR) is 111 cm³/mol. The van der Waals surface area contributed by atoms with Gasteiger partial charge in [-0.1, -0.05) is 42.5 Å². The number of hydrogen-bond donors (Lipinski definition) is 3. The third-order valence-electron chi connectivity index (χ3n) is 5.38. The lowest BCUT2D eigenvalue weighted by molar-refractivity contribution is -1.02. The van der Waals surface area contributed by atoms with Crippen molar-refractivity contribution in [2.75, 3.05) is 38.0 Å². The van der Waals surface area contributed by atoms with Gasteiger partial charge in [0, 0.05) is 5.69 Å². The summed E-state index contributed by atoms with van der Waals surface area (Å²) < 4.78 is 0. The maximum absolute atomic E-state index is 12.6. The van der Waals surface area contributed by atoms with E-state index in [2.05, 4.69) is 47.8 Å². The molecule has 2 aromatic rings. The maximum Gasteiger partial charge on any atom is 0.282 e. The van der Waals surface area contributed by atoms with E-state index in [-0.39, 0.29) is 11.9 Å². The fourth-order valence-corrected chi connectivity index (χ4v) is 3.59. The summed E-state index contributed by atoms with van der Waals surface area (Å²) in [4.78, 5) is 15.5. The molecule has 5 nitrogen and oxygen atoms in total. The van der Waals surface area contributed by atoms with Crippen molar-refractivity contribution in [1.82, 2.24) is 0 Å². The topological polar surface area (TPSA) is 61.8 Å². The fourth-order valence-electron chi connectivity index (χ4n) is 3.59. The number of benzene rings is 2. The minimum atomic E-state index is -0.104. The van der Waals surface area contributed by atoms with Gasteiger partial charge in [0.25, 0.3) is 5.91 Å². The molecule has 144 valence electrons. The van der Waals surface area contributed by atoms with Gasteiger partial charge < -0.3 is 15.1 Å². The summed E-state index contributed by atoms with van der Waals surface area (Å²) in [6, 6.07) is 19.4. The van der Waals surface area contributed by atoms with Crippen molar-refractivity contribution in [1.29, 1.82) is 5.26 Å². The molecule has 3 rings (SSSR count). The van der Waals surface area contributed by atoms with E-state index in [1.54, 1.807) is 23.1 Å². The molecule has 3 N–H and O–H groups in total. The summed E-state index contributed by atoms with van der Waals surface area (Å²) in [6.45, 7) is 7.11. The average Bonchev–Trinajstić information content (AvgIpc) is 2.74. The Balaban J connectivity index is 1.45. The molecule has 1 aliphatic heterocycles. The third-order valence-corrected chi connectivity index (χ3v) is 5.38. The lowest BCUT2D eigenvalue weighted by Crippen LogP contribution is -3.29. The fraction of sp³-hybridized carbons (Fsp3) is 0.304. The van der Waals surface area contributed by atoms with E-state index in [0.29, 0.717) is 11.3 Å². The largest absolute Gasteiger partial charge is 0.322 e. The molecule has 5 heteroatoms. The summed E-state index contributed by atoms with van der Waals surface area (Å²) in [6.07, 6.45) is 4.42. The van der Waals surface area contributed by atoms with Crippen molar-refractivity contribution in [3.05, 3.63) is 71.8 Å². The molecule has 1 atom stereocenters. The number of piperazine rings is 1. The van der Waals surface area contributed by atoms with Crippen LogP contribution in [0.15, 0.2) is 60.7 Å². The van der Waals surface area contributed by atoms with E-state index in [9.17, 15) is 4.79 Å². The lowest BCUT2D eigenvalue weighted by atomic mass is 10.2. The molecule has 0 aromatic heterocycles. The van der Waals surface area contributed by atoms with Crippen molar-refractivity contribution in [2.24, 2.45) is 0 Å². The summed E-state index contributed by atoms with van der Waals surface area (Å²) in [5.41, 5.74) is 2.47. The van der Waals surface area contributed by atoms with E-state index < -0.39 is 0 Å². The van der Waals surface area contributed by atoms with Gasteiger partial charge in [0.2, 0.25) is 0 Å². The van der Waals surface area contributed by atoms with Crippen LogP contribution in [0.1, 0.15) is 18.1 Å². The number of hydrogen-bond acceptors (Lipinski definition) is 2. The molecule has 0 bridgehead atoms. The number of anilines is 1. The van der Waals surface area contributed by atoms with Crippen molar-refractivity contribution in [3.63, 3.8) is 0 Å². The first kappa shape index (κ1) is 19.8. The normalized spacial score (nSPS) is 20.4. The Kier molecular flexibility index (Phi) is 6.96. The van der Waals surface area contributed by atoms with Crippen LogP contribution in [0.2, 0.25) is 0 Å². The van der Waals surface area contributed by atoms with Crippen LogP contribution in [0.3, 0.4) is 0 Å². The van der Waals surface area contributed by atoms with Crippen LogP contribution >= 0.6 is 0 Å². The Hall–Kier alpha value is -2.94. The minimum Gasteiger partial charge on any atom is -0.322 e. The first-order valence-corrected chi connectivity index (χ1v) is 9.86. The van der Waals surface area contributed by atoms with Gasteiger partial charge in [0.05, 0.1) is 18.2 Å². The van der Waals surface area contributed by atoms with Gasteiger partial charge in [-0.3, -0.25) is 4.79 Å². The van der Waals surface area contributed by atoms with Gasteiger partial charge in [0.1, 0.15) is 26.2 Å². The summed E-state index contributed by atoms with van der Waals surface area (Å²) in [5.74, 6) is 0.0116. The summed E-state index contributed by atoms with van der Waals surface area (Å²) in [7, 11) is 0. The number of nitrogens with one attached hydrogen (secondary N) is 3. The summed E-state index contributed by atoms with van der Waals surface area (Å²) in [5, 5.41) is 11.9. The third kappa shape index (κ3) is 5.53. The number of rotatable bonds is 6. The second kappa shape index (κ2) is 9.84. The van der Waals surface area contributed by atoms with Crippen LogP contribution in [-0.2, 0) is 4.79 Å². The molecule has 1 saturated heterocycles. The molecule has 0 unspecified atom stereocenters. The molecule has 1 heterocycles. The lowest BCUT2D eigenvalue weighted by Gasteiger charge is -2.32. The minimum absolute atomic E-state index is 0.0116.